The highest BCUT2D eigenvalue weighted by Gasteiger charge is 2.10. The number of benzene rings is 2. The Morgan fingerprint density at radius 3 is 2.54 bits per heavy atom. The lowest BCUT2D eigenvalue weighted by atomic mass is 10.2. The van der Waals surface area contributed by atoms with Crippen LogP contribution in [0, 0.1) is 12.7 Å². The highest BCUT2D eigenvalue weighted by Crippen LogP contribution is 2.25. The molecule has 0 radical (unpaired) electrons. The molecule has 138 valence electrons. The van der Waals surface area contributed by atoms with E-state index in [9.17, 15) is 14.0 Å². The molecule has 0 unspecified atom stereocenters. The molecule has 9 heteroatoms. The molecule has 0 aliphatic heterocycles. The zero-order valence-corrected chi connectivity index (χ0v) is 14.8. The van der Waals surface area contributed by atoms with Crippen molar-refractivity contribution in [2.24, 2.45) is 0 Å². The van der Waals surface area contributed by atoms with Crippen molar-refractivity contribution in [1.82, 2.24) is 10.9 Å². The molecule has 0 heterocycles. The van der Waals surface area contributed by atoms with Crippen LogP contribution >= 0.6 is 11.6 Å². The fourth-order valence-corrected chi connectivity index (χ4v) is 2.19. The molecule has 2 aromatic rings. The number of methoxy groups -OCH3 is 1. The normalized spacial score (nSPS) is 10.0. The second-order valence-electron chi connectivity index (χ2n) is 5.19. The second kappa shape index (κ2) is 8.91. The Hall–Kier alpha value is -3.00. The average molecular weight is 382 g/mol. The van der Waals surface area contributed by atoms with Crippen LogP contribution in [-0.2, 0) is 4.79 Å². The Labute approximate surface area is 154 Å². The first kappa shape index (κ1) is 19.3. The van der Waals surface area contributed by atoms with Crippen molar-refractivity contribution in [3.63, 3.8) is 0 Å². The van der Waals surface area contributed by atoms with E-state index in [-0.39, 0.29) is 10.8 Å². The molecule has 0 saturated heterocycles. The van der Waals surface area contributed by atoms with E-state index in [1.54, 1.807) is 12.1 Å². The van der Waals surface area contributed by atoms with Crippen molar-refractivity contribution < 1.29 is 23.5 Å². The summed E-state index contributed by atoms with van der Waals surface area (Å²) in [6, 6.07) is 8.12. The monoisotopic (exact) mass is 381 g/mol. The van der Waals surface area contributed by atoms with Gasteiger partial charge in [0.1, 0.15) is 17.3 Å². The van der Waals surface area contributed by atoms with Crippen molar-refractivity contribution >= 4 is 29.2 Å². The van der Waals surface area contributed by atoms with Crippen LogP contribution in [0.5, 0.6) is 11.5 Å². The van der Waals surface area contributed by atoms with Gasteiger partial charge < -0.3 is 14.8 Å². The molecule has 3 N–H and O–H groups in total. The lowest BCUT2D eigenvalue weighted by Crippen LogP contribution is -2.45. The highest BCUT2D eigenvalue weighted by atomic mass is 35.5. The van der Waals surface area contributed by atoms with E-state index in [4.69, 9.17) is 21.1 Å². The van der Waals surface area contributed by atoms with Gasteiger partial charge in [-0.15, -0.1) is 0 Å². The van der Waals surface area contributed by atoms with E-state index >= 15 is 0 Å². The number of aryl methyl sites for hydroxylation is 1. The van der Waals surface area contributed by atoms with Crippen LogP contribution in [0.3, 0.4) is 0 Å². The molecule has 0 saturated carbocycles. The molecule has 0 aliphatic carbocycles. The Bertz CT molecular complexity index is 817. The summed E-state index contributed by atoms with van der Waals surface area (Å²) in [5, 5.41) is 2.59. The summed E-state index contributed by atoms with van der Waals surface area (Å²) < 4.78 is 23.2. The van der Waals surface area contributed by atoms with Gasteiger partial charge in [-0.1, -0.05) is 17.7 Å². The van der Waals surface area contributed by atoms with Gasteiger partial charge in [-0.05, 0) is 42.8 Å². The van der Waals surface area contributed by atoms with Crippen molar-refractivity contribution in [3.8, 4) is 11.5 Å². The van der Waals surface area contributed by atoms with Gasteiger partial charge in [0.2, 0.25) is 0 Å². The number of anilines is 1. The maximum atomic E-state index is 12.9. The number of ether oxygens (including phenoxy) is 2. The Morgan fingerprint density at radius 2 is 1.85 bits per heavy atom. The van der Waals surface area contributed by atoms with Gasteiger partial charge in [-0.2, -0.15) is 0 Å². The van der Waals surface area contributed by atoms with Gasteiger partial charge in [0.15, 0.2) is 6.61 Å². The van der Waals surface area contributed by atoms with Gasteiger partial charge in [0, 0.05) is 0 Å². The van der Waals surface area contributed by atoms with E-state index in [1.807, 2.05) is 13.0 Å². The summed E-state index contributed by atoms with van der Waals surface area (Å²) in [6.45, 7) is 1.45. The van der Waals surface area contributed by atoms with Gasteiger partial charge in [0.05, 0.1) is 17.8 Å². The van der Waals surface area contributed by atoms with Gasteiger partial charge in [-0.25, -0.2) is 14.6 Å². The fraction of sp³-hybridized carbons (Fsp3) is 0.176. The van der Waals surface area contributed by atoms with Crippen molar-refractivity contribution in [2.75, 3.05) is 19.0 Å². The minimum atomic E-state index is -0.665. The number of hydrogen-bond acceptors (Lipinski definition) is 4. The van der Waals surface area contributed by atoms with E-state index in [0.29, 0.717) is 11.4 Å². The van der Waals surface area contributed by atoms with Gasteiger partial charge in [-0.3, -0.25) is 10.2 Å². The molecule has 0 aromatic heterocycles. The van der Waals surface area contributed by atoms with Crippen LogP contribution < -0.4 is 25.6 Å². The number of rotatable bonds is 5. The smallest absolute Gasteiger partial charge is 0.338 e. The quantitative estimate of drug-likeness (QED) is 0.694. The Kier molecular flexibility index (Phi) is 6.62. The van der Waals surface area contributed by atoms with Crippen LogP contribution in [0.15, 0.2) is 36.4 Å². The predicted molar refractivity (Wildman–Crippen MR) is 94.9 cm³/mol. The molecule has 0 bridgehead atoms. The lowest BCUT2D eigenvalue weighted by Gasteiger charge is -2.13. The summed E-state index contributed by atoms with van der Waals surface area (Å²) in [5.41, 5.74) is 5.73. The summed E-state index contributed by atoms with van der Waals surface area (Å²) in [6.07, 6.45) is 0. The number of carbonyl (C=O) groups is 2. The number of amides is 3. The predicted octanol–water partition coefficient (Wildman–Crippen LogP) is 3.03. The number of urea groups is 1. The fourth-order valence-electron chi connectivity index (χ4n) is 1.97. The standard InChI is InChI=1S/C17H17ClFN3O4/c1-10-3-5-15(25-2)13(7-10)20-17(24)22-21-16(23)9-26-14-6-4-11(19)8-12(14)18/h3-8H,9H2,1-2H3,(H,21,23)(H2,20,22,24). The van der Waals surface area contributed by atoms with Crippen molar-refractivity contribution in [1.29, 1.82) is 0 Å². The van der Waals surface area contributed by atoms with Crippen LogP contribution in [0.25, 0.3) is 0 Å². The molecule has 2 rings (SSSR count). The van der Waals surface area contributed by atoms with Gasteiger partial charge in [0.25, 0.3) is 5.91 Å². The third-order valence-corrected chi connectivity index (χ3v) is 3.47. The minimum absolute atomic E-state index is 0.0371. The first-order valence-corrected chi connectivity index (χ1v) is 7.85. The summed E-state index contributed by atoms with van der Waals surface area (Å²) in [5.74, 6) is -0.517. The van der Waals surface area contributed by atoms with E-state index in [2.05, 4.69) is 16.2 Å². The van der Waals surface area contributed by atoms with Crippen LogP contribution in [0.4, 0.5) is 14.9 Å². The SMILES string of the molecule is COc1ccc(C)cc1NC(=O)NNC(=O)COc1ccc(F)cc1Cl. The molecule has 3 amide bonds. The molecule has 7 nitrogen and oxygen atoms in total. The zero-order chi connectivity index (χ0) is 19.1. The Balaban J connectivity index is 1.81. The first-order valence-electron chi connectivity index (χ1n) is 7.47. The van der Waals surface area contributed by atoms with E-state index < -0.39 is 24.4 Å². The molecular formula is C17H17ClFN3O4. The van der Waals surface area contributed by atoms with Crippen LogP contribution in [0.2, 0.25) is 5.02 Å². The summed E-state index contributed by atoms with van der Waals surface area (Å²) in [7, 11) is 1.48. The van der Waals surface area contributed by atoms with E-state index in [0.717, 1.165) is 17.7 Å². The molecule has 0 spiro atoms. The largest absolute Gasteiger partial charge is 0.495 e. The second-order valence-corrected chi connectivity index (χ2v) is 5.60. The number of hydrazine groups is 1. The maximum Gasteiger partial charge on any atom is 0.338 e. The zero-order valence-electron chi connectivity index (χ0n) is 14.1. The summed E-state index contributed by atoms with van der Waals surface area (Å²) >= 11 is 5.78. The van der Waals surface area contributed by atoms with E-state index in [1.165, 1.54) is 13.2 Å². The van der Waals surface area contributed by atoms with Crippen molar-refractivity contribution in [3.05, 3.63) is 52.8 Å². The summed E-state index contributed by atoms with van der Waals surface area (Å²) in [4.78, 5) is 23.6. The molecule has 0 atom stereocenters. The highest BCUT2D eigenvalue weighted by molar-refractivity contribution is 6.32. The molecule has 0 aliphatic rings. The number of halogens is 2. The maximum absolute atomic E-state index is 12.9. The minimum Gasteiger partial charge on any atom is -0.495 e. The third-order valence-electron chi connectivity index (χ3n) is 3.17. The molecule has 2 aromatic carbocycles. The van der Waals surface area contributed by atoms with Crippen LogP contribution in [0.1, 0.15) is 5.56 Å². The molecular weight excluding hydrogens is 365 g/mol. The van der Waals surface area contributed by atoms with Crippen molar-refractivity contribution in [2.45, 2.75) is 6.92 Å². The number of carbonyl (C=O) groups excluding carboxylic acids is 2. The lowest BCUT2D eigenvalue weighted by molar-refractivity contribution is -0.123. The molecule has 0 fully saturated rings. The number of hydrogen-bond donors (Lipinski definition) is 3. The molecule has 26 heavy (non-hydrogen) atoms. The van der Waals surface area contributed by atoms with Crippen LogP contribution in [-0.4, -0.2) is 25.7 Å². The average Bonchev–Trinajstić information content (AvgIpc) is 2.59. The number of nitrogens with one attached hydrogen (secondary N) is 3. The Morgan fingerprint density at radius 1 is 1.12 bits per heavy atom. The first-order chi connectivity index (χ1) is 12.4. The van der Waals surface area contributed by atoms with Gasteiger partial charge >= 0.3 is 6.03 Å². The third kappa shape index (κ3) is 5.52. The topological polar surface area (TPSA) is 88.7 Å².